The topological polar surface area (TPSA) is 63.6 Å². The Bertz CT molecular complexity index is 381. The monoisotopic (exact) mass is 324 g/mol. The van der Waals surface area contributed by atoms with Gasteiger partial charge in [0.25, 0.3) is 0 Å². The third kappa shape index (κ3) is 4.95. The largest absolute Gasteiger partial charge is 0.481 e. The number of carbonyl (C=O) groups is 2. The van der Waals surface area contributed by atoms with Gasteiger partial charge in [-0.25, -0.2) is 0 Å². The molecule has 2 rings (SSSR count). The third-order valence-electron chi connectivity index (χ3n) is 5.71. The summed E-state index contributed by atoms with van der Waals surface area (Å²) in [6, 6.07) is 0. The van der Waals surface area contributed by atoms with Crippen LogP contribution in [0.5, 0.6) is 0 Å². The zero-order valence-electron chi connectivity index (χ0n) is 14.5. The number of carboxylic acids is 1. The molecule has 1 N–H and O–H groups in total. The lowest BCUT2D eigenvalue weighted by Gasteiger charge is -2.37. The fourth-order valence-corrected chi connectivity index (χ4v) is 4.57. The van der Waals surface area contributed by atoms with E-state index in [4.69, 9.17) is 4.74 Å². The van der Waals surface area contributed by atoms with Gasteiger partial charge in [0.2, 0.25) is 0 Å². The smallest absolute Gasteiger partial charge is 0.310 e. The Balaban J connectivity index is 2.19. The van der Waals surface area contributed by atoms with Crippen LogP contribution in [0.1, 0.15) is 77.6 Å². The van der Waals surface area contributed by atoms with Gasteiger partial charge in [-0.2, -0.15) is 0 Å². The number of rotatable bonds is 7. The van der Waals surface area contributed by atoms with Crippen LogP contribution in [0, 0.1) is 23.7 Å². The van der Waals surface area contributed by atoms with Crippen molar-refractivity contribution in [3.8, 4) is 0 Å². The molecule has 23 heavy (non-hydrogen) atoms. The quantitative estimate of drug-likeness (QED) is 0.704. The average molecular weight is 324 g/mol. The molecule has 0 aliphatic heterocycles. The van der Waals surface area contributed by atoms with Crippen molar-refractivity contribution in [3.63, 3.8) is 0 Å². The number of carboxylic acid groups (broad SMARTS) is 1. The summed E-state index contributed by atoms with van der Waals surface area (Å²) >= 11 is 0. The standard InChI is InChI=1S/C19H32O4/c1-2-13-23-19(22)17(15-11-7-4-8-12-15)16(18(20)21)14-9-5-3-6-10-14/h14-17H,2-13H2,1H3,(H,20,21). The second-order valence-corrected chi connectivity index (χ2v) is 7.35. The van der Waals surface area contributed by atoms with Crippen molar-refractivity contribution in [3.05, 3.63) is 0 Å². The van der Waals surface area contributed by atoms with Crippen LogP contribution in [0.3, 0.4) is 0 Å². The number of aliphatic carboxylic acids is 1. The van der Waals surface area contributed by atoms with Crippen LogP contribution in [0.4, 0.5) is 0 Å². The molecule has 0 aromatic rings. The minimum Gasteiger partial charge on any atom is -0.481 e. The molecule has 132 valence electrons. The van der Waals surface area contributed by atoms with E-state index in [1.165, 1.54) is 12.8 Å². The zero-order valence-corrected chi connectivity index (χ0v) is 14.5. The molecule has 0 spiro atoms. The first-order chi connectivity index (χ1) is 11.1. The third-order valence-corrected chi connectivity index (χ3v) is 5.71. The number of carbonyl (C=O) groups excluding carboxylic acids is 1. The lowest BCUT2D eigenvalue weighted by atomic mass is 9.67. The minimum atomic E-state index is -0.791. The molecule has 0 amide bonds. The van der Waals surface area contributed by atoms with Crippen LogP contribution in [0.15, 0.2) is 0 Å². The van der Waals surface area contributed by atoms with Crippen molar-refractivity contribution in [1.82, 2.24) is 0 Å². The Morgan fingerprint density at radius 3 is 1.83 bits per heavy atom. The summed E-state index contributed by atoms with van der Waals surface area (Å²) in [5.74, 6) is -1.71. The molecule has 0 radical (unpaired) electrons. The molecular weight excluding hydrogens is 292 g/mol. The molecule has 4 heteroatoms. The number of hydrogen-bond acceptors (Lipinski definition) is 3. The molecule has 2 saturated carbocycles. The van der Waals surface area contributed by atoms with Crippen molar-refractivity contribution >= 4 is 11.9 Å². The SMILES string of the molecule is CCCOC(=O)C(C1CCCCC1)C(C(=O)O)C1CCCCC1. The highest BCUT2D eigenvalue weighted by molar-refractivity contribution is 5.81. The molecule has 2 unspecified atom stereocenters. The number of ether oxygens (including phenoxy) is 1. The van der Waals surface area contributed by atoms with E-state index in [1.54, 1.807) is 0 Å². The fraction of sp³-hybridized carbons (Fsp3) is 0.895. The Morgan fingerprint density at radius 1 is 0.913 bits per heavy atom. The highest BCUT2D eigenvalue weighted by atomic mass is 16.5. The lowest BCUT2D eigenvalue weighted by Crippen LogP contribution is -2.42. The van der Waals surface area contributed by atoms with Crippen LogP contribution >= 0.6 is 0 Å². The van der Waals surface area contributed by atoms with Gasteiger partial charge in [0, 0.05) is 0 Å². The molecule has 2 atom stereocenters. The Morgan fingerprint density at radius 2 is 1.39 bits per heavy atom. The van der Waals surface area contributed by atoms with E-state index in [1.807, 2.05) is 6.92 Å². The van der Waals surface area contributed by atoms with Crippen LogP contribution in [-0.4, -0.2) is 23.7 Å². The first kappa shape index (κ1) is 18.3. The van der Waals surface area contributed by atoms with Gasteiger partial charge in [-0.15, -0.1) is 0 Å². The maximum absolute atomic E-state index is 12.7. The van der Waals surface area contributed by atoms with Gasteiger partial charge in [0.05, 0.1) is 18.4 Å². The van der Waals surface area contributed by atoms with E-state index in [0.717, 1.165) is 57.8 Å². The van der Waals surface area contributed by atoms with Crippen LogP contribution in [0.2, 0.25) is 0 Å². The van der Waals surface area contributed by atoms with E-state index in [-0.39, 0.29) is 17.8 Å². The van der Waals surface area contributed by atoms with Gasteiger partial charge in [0.15, 0.2) is 0 Å². The van der Waals surface area contributed by atoms with Crippen molar-refractivity contribution in [1.29, 1.82) is 0 Å². The molecule has 4 nitrogen and oxygen atoms in total. The van der Waals surface area contributed by atoms with Gasteiger partial charge in [-0.05, 0) is 43.9 Å². The maximum atomic E-state index is 12.7. The second-order valence-electron chi connectivity index (χ2n) is 7.35. The molecule has 0 bridgehead atoms. The Kier molecular flexibility index (Phi) is 7.38. The van der Waals surface area contributed by atoms with Gasteiger partial charge in [-0.3, -0.25) is 9.59 Å². The van der Waals surface area contributed by atoms with Gasteiger partial charge in [0.1, 0.15) is 0 Å². The van der Waals surface area contributed by atoms with Crippen LogP contribution < -0.4 is 0 Å². The summed E-state index contributed by atoms with van der Waals surface area (Å²) in [7, 11) is 0. The average Bonchev–Trinajstić information content (AvgIpc) is 2.58. The van der Waals surface area contributed by atoms with Crippen LogP contribution in [-0.2, 0) is 14.3 Å². The minimum absolute atomic E-state index is 0.141. The summed E-state index contributed by atoms with van der Waals surface area (Å²) in [5.41, 5.74) is 0. The highest BCUT2D eigenvalue weighted by Crippen LogP contribution is 2.42. The Hall–Kier alpha value is -1.06. The molecule has 0 heterocycles. The van der Waals surface area contributed by atoms with E-state index < -0.39 is 17.8 Å². The second kappa shape index (κ2) is 9.29. The van der Waals surface area contributed by atoms with E-state index >= 15 is 0 Å². The van der Waals surface area contributed by atoms with Crippen LogP contribution in [0.25, 0.3) is 0 Å². The molecule has 0 aromatic carbocycles. The van der Waals surface area contributed by atoms with Crippen molar-refractivity contribution in [2.75, 3.05) is 6.61 Å². The van der Waals surface area contributed by atoms with E-state index in [0.29, 0.717) is 6.61 Å². The molecule has 2 fully saturated rings. The number of esters is 1. The molecule has 0 saturated heterocycles. The van der Waals surface area contributed by atoms with Crippen molar-refractivity contribution in [2.45, 2.75) is 77.6 Å². The summed E-state index contributed by atoms with van der Waals surface area (Å²) in [6.45, 7) is 2.37. The number of hydrogen-bond donors (Lipinski definition) is 1. The molecular formula is C19H32O4. The van der Waals surface area contributed by atoms with Gasteiger partial charge < -0.3 is 9.84 Å². The summed E-state index contributed by atoms with van der Waals surface area (Å²) in [4.78, 5) is 24.8. The van der Waals surface area contributed by atoms with Crippen molar-refractivity contribution < 1.29 is 19.4 Å². The fourth-order valence-electron chi connectivity index (χ4n) is 4.57. The summed E-state index contributed by atoms with van der Waals surface area (Å²) in [6.07, 6.45) is 11.4. The Labute approximate surface area is 140 Å². The van der Waals surface area contributed by atoms with E-state index in [2.05, 4.69) is 0 Å². The molecule has 2 aliphatic rings. The van der Waals surface area contributed by atoms with Crippen molar-refractivity contribution in [2.24, 2.45) is 23.7 Å². The normalized spacial score (nSPS) is 23.2. The zero-order chi connectivity index (χ0) is 16.7. The van der Waals surface area contributed by atoms with E-state index in [9.17, 15) is 14.7 Å². The first-order valence-electron chi connectivity index (χ1n) is 9.54. The highest BCUT2D eigenvalue weighted by Gasteiger charge is 2.44. The molecule has 2 aliphatic carbocycles. The lowest BCUT2D eigenvalue weighted by molar-refractivity contribution is -0.164. The summed E-state index contributed by atoms with van der Waals surface area (Å²) in [5, 5.41) is 9.89. The first-order valence-corrected chi connectivity index (χ1v) is 9.54. The summed E-state index contributed by atoms with van der Waals surface area (Å²) < 4.78 is 5.43. The maximum Gasteiger partial charge on any atom is 0.310 e. The van der Waals surface area contributed by atoms with Gasteiger partial charge in [-0.1, -0.05) is 45.4 Å². The predicted molar refractivity (Wildman–Crippen MR) is 89.0 cm³/mol. The van der Waals surface area contributed by atoms with Gasteiger partial charge >= 0.3 is 11.9 Å². The predicted octanol–water partition coefficient (Wildman–Crippen LogP) is 4.42. The molecule has 0 aromatic heterocycles.